The van der Waals surface area contributed by atoms with Crippen molar-refractivity contribution < 1.29 is 23.7 Å². The summed E-state index contributed by atoms with van der Waals surface area (Å²) in [4.78, 5) is 32.0. The maximum absolute atomic E-state index is 13.8. The summed E-state index contributed by atoms with van der Waals surface area (Å²) in [7, 11) is 3.08. The minimum Gasteiger partial charge on any atom is -0.497 e. The maximum Gasteiger partial charge on any atom is 0.338 e. The number of benzene rings is 2. The summed E-state index contributed by atoms with van der Waals surface area (Å²) >= 11 is 1.24. The van der Waals surface area contributed by atoms with Crippen LogP contribution in [0.25, 0.3) is 6.08 Å². The summed E-state index contributed by atoms with van der Waals surface area (Å²) in [5, 5.41) is 0. The van der Waals surface area contributed by atoms with Crippen LogP contribution in [0.5, 0.6) is 17.2 Å². The van der Waals surface area contributed by atoms with Crippen LogP contribution >= 0.6 is 11.3 Å². The number of esters is 1. The van der Waals surface area contributed by atoms with E-state index < -0.39 is 12.0 Å². The highest BCUT2D eigenvalue weighted by Gasteiger charge is 2.35. The predicted molar refractivity (Wildman–Crippen MR) is 141 cm³/mol. The summed E-state index contributed by atoms with van der Waals surface area (Å²) in [6.45, 7) is 3.82. The number of terminal acetylenes is 1. The van der Waals surface area contributed by atoms with E-state index in [0.717, 1.165) is 5.56 Å². The molecule has 0 fully saturated rings. The average Bonchev–Trinajstić information content (AvgIpc) is 3.21. The van der Waals surface area contributed by atoms with E-state index >= 15 is 0 Å². The van der Waals surface area contributed by atoms with Crippen molar-refractivity contribution in [1.82, 2.24) is 4.57 Å². The lowest BCUT2D eigenvalue weighted by atomic mass is 9.94. The molecule has 9 heteroatoms. The SMILES string of the molecule is C#CCOc1ccc(/C=c2\sc3n(c2=O)[C@H](c2cc(OC)ccc2OC)C(C(=O)OCC)=C(C)N=3)cc1. The van der Waals surface area contributed by atoms with Crippen LogP contribution in [0.2, 0.25) is 0 Å². The molecule has 0 radical (unpaired) electrons. The largest absolute Gasteiger partial charge is 0.497 e. The van der Waals surface area contributed by atoms with E-state index in [4.69, 9.17) is 25.4 Å². The van der Waals surface area contributed by atoms with Gasteiger partial charge in [0.2, 0.25) is 0 Å². The van der Waals surface area contributed by atoms with Crippen LogP contribution in [-0.4, -0.2) is 38.0 Å². The van der Waals surface area contributed by atoms with Crippen LogP contribution < -0.4 is 29.1 Å². The Balaban J connectivity index is 1.91. The molecule has 0 bridgehead atoms. The van der Waals surface area contributed by atoms with Crippen molar-refractivity contribution in [3.8, 4) is 29.6 Å². The van der Waals surface area contributed by atoms with E-state index in [1.165, 1.54) is 23.0 Å². The molecular weight excluding hydrogens is 492 g/mol. The first-order chi connectivity index (χ1) is 17.9. The Morgan fingerprint density at radius 2 is 1.89 bits per heavy atom. The van der Waals surface area contributed by atoms with Crippen LogP contribution in [0, 0.1) is 12.3 Å². The van der Waals surface area contributed by atoms with Gasteiger partial charge in [0.1, 0.15) is 29.9 Å². The van der Waals surface area contributed by atoms with E-state index in [9.17, 15) is 9.59 Å². The highest BCUT2D eigenvalue weighted by atomic mass is 32.1. The zero-order chi connectivity index (χ0) is 26.5. The molecule has 2 aromatic carbocycles. The standard InChI is InChI=1S/C28H26N2O6S/c1-6-14-36-19-10-8-18(9-11-19)15-23-26(31)30-25(21-16-20(33-4)12-13-22(21)34-5)24(27(32)35-7-2)17(3)29-28(30)37-23/h1,8-13,15-16,25H,7,14H2,2-5H3/b23-15-/t25-/m1/s1. The molecule has 1 aromatic heterocycles. The minimum atomic E-state index is -0.818. The van der Waals surface area contributed by atoms with Gasteiger partial charge in [-0.2, -0.15) is 0 Å². The molecule has 8 nitrogen and oxygen atoms in total. The lowest BCUT2D eigenvalue weighted by Gasteiger charge is -2.26. The highest BCUT2D eigenvalue weighted by Crippen LogP contribution is 2.37. The van der Waals surface area contributed by atoms with Gasteiger partial charge in [-0.3, -0.25) is 9.36 Å². The lowest BCUT2D eigenvalue weighted by Crippen LogP contribution is -2.40. The molecule has 190 valence electrons. The fourth-order valence-electron chi connectivity index (χ4n) is 4.08. The van der Waals surface area contributed by atoms with E-state index in [1.807, 2.05) is 12.1 Å². The zero-order valence-corrected chi connectivity index (χ0v) is 21.8. The summed E-state index contributed by atoms with van der Waals surface area (Å²) < 4.78 is 23.8. The molecule has 37 heavy (non-hydrogen) atoms. The number of fused-ring (bicyclic) bond motifs is 1. The van der Waals surface area contributed by atoms with Crippen LogP contribution in [0.4, 0.5) is 0 Å². The third kappa shape index (κ3) is 5.15. The number of hydrogen-bond donors (Lipinski definition) is 0. The molecule has 0 saturated carbocycles. The third-order valence-corrected chi connectivity index (χ3v) is 6.73. The van der Waals surface area contributed by atoms with Gasteiger partial charge in [0.15, 0.2) is 4.80 Å². The topological polar surface area (TPSA) is 88.3 Å². The number of aromatic nitrogens is 1. The molecule has 1 atom stereocenters. The van der Waals surface area contributed by atoms with Gasteiger partial charge in [-0.15, -0.1) is 6.42 Å². The monoisotopic (exact) mass is 518 g/mol. The molecule has 2 heterocycles. The Labute approximate surface area is 218 Å². The molecule has 0 amide bonds. The van der Waals surface area contributed by atoms with Gasteiger partial charge in [-0.1, -0.05) is 29.4 Å². The predicted octanol–water partition coefficient (Wildman–Crippen LogP) is 2.83. The molecule has 3 aromatic rings. The normalized spacial score (nSPS) is 14.9. The maximum atomic E-state index is 13.8. The molecule has 0 aliphatic carbocycles. The van der Waals surface area contributed by atoms with Crippen molar-refractivity contribution in [1.29, 1.82) is 0 Å². The Hall–Kier alpha value is -4.29. The van der Waals surface area contributed by atoms with Crippen LogP contribution in [0.15, 0.2) is 63.5 Å². The highest BCUT2D eigenvalue weighted by molar-refractivity contribution is 7.07. The smallest absolute Gasteiger partial charge is 0.338 e. The number of ether oxygens (including phenoxy) is 4. The Morgan fingerprint density at radius 1 is 1.16 bits per heavy atom. The van der Waals surface area contributed by atoms with Crippen LogP contribution in [-0.2, 0) is 9.53 Å². The Kier molecular flexibility index (Phi) is 7.80. The van der Waals surface area contributed by atoms with Gasteiger partial charge in [0.05, 0.1) is 36.6 Å². The van der Waals surface area contributed by atoms with Gasteiger partial charge < -0.3 is 18.9 Å². The Bertz CT molecular complexity index is 1570. The first-order valence-corrected chi connectivity index (χ1v) is 12.3. The average molecular weight is 519 g/mol. The second-order valence-electron chi connectivity index (χ2n) is 7.97. The number of hydrogen-bond acceptors (Lipinski definition) is 8. The van der Waals surface area contributed by atoms with Crippen molar-refractivity contribution >= 4 is 23.4 Å². The fourth-order valence-corrected chi connectivity index (χ4v) is 5.12. The van der Waals surface area contributed by atoms with Crippen molar-refractivity contribution in [2.45, 2.75) is 19.9 Å². The second kappa shape index (κ2) is 11.2. The van der Waals surface area contributed by atoms with Gasteiger partial charge in [0, 0.05) is 5.56 Å². The third-order valence-electron chi connectivity index (χ3n) is 5.75. The molecule has 1 aliphatic heterocycles. The van der Waals surface area contributed by atoms with Crippen molar-refractivity contribution in [3.63, 3.8) is 0 Å². The molecule has 1 aliphatic rings. The van der Waals surface area contributed by atoms with Gasteiger partial charge in [-0.05, 0) is 55.8 Å². The van der Waals surface area contributed by atoms with Crippen molar-refractivity contribution in [2.75, 3.05) is 27.4 Å². The molecule has 4 rings (SSSR count). The van der Waals surface area contributed by atoms with Gasteiger partial charge in [0.25, 0.3) is 5.56 Å². The molecule has 0 spiro atoms. The molecule has 0 saturated heterocycles. The summed E-state index contributed by atoms with van der Waals surface area (Å²) in [5.74, 6) is 3.57. The summed E-state index contributed by atoms with van der Waals surface area (Å²) in [6, 6.07) is 11.7. The van der Waals surface area contributed by atoms with E-state index in [0.29, 0.717) is 37.8 Å². The Morgan fingerprint density at radius 3 is 2.54 bits per heavy atom. The summed E-state index contributed by atoms with van der Waals surface area (Å²) in [6.07, 6.45) is 7.02. The number of carbonyl (C=O) groups is 1. The lowest BCUT2D eigenvalue weighted by molar-refractivity contribution is -0.139. The molecule has 0 unspecified atom stereocenters. The van der Waals surface area contributed by atoms with Crippen LogP contribution in [0.1, 0.15) is 31.0 Å². The summed E-state index contributed by atoms with van der Waals surface area (Å²) in [5.41, 5.74) is 1.83. The van der Waals surface area contributed by atoms with Crippen molar-refractivity contribution in [2.24, 2.45) is 4.99 Å². The number of allylic oxidation sites excluding steroid dienone is 1. The first kappa shape index (κ1) is 25.8. The fraction of sp³-hybridized carbons (Fsp3) is 0.250. The number of rotatable bonds is 8. The second-order valence-corrected chi connectivity index (χ2v) is 8.98. The van der Waals surface area contributed by atoms with Crippen molar-refractivity contribution in [3.05, 3.63) is 84.5 Å². The number of carbonyl (C=O) groups excluding carboxylic acids is 1. The first-order valence-electron chi connectivity index (χ1n) is 11.5. The van der Waals surface area contributed by atoms with E-state index in [1.54, 1.807) is 57.4 Å². The minimum absolute atomic E-state index is 0.174. The number of methoxy groups -OCH3 is 2. The molecule has 0 N–H and O–H groups in total. The number of thiazole rings is 1. The van der Waals surface area contributed by atoms with Gasteiger partial charge >= 0.3 is 5.97 Å². The van der Waals surface area contributed by atoms with E-state index in [2.05, 4.69) is 10.9 Å². The molecular formula is C28H26N2O6S. The zero-order valence-electron chi connectivity index (χ0n) is 20.9. The van der Waals surface area contributed by atoms with E-state index in [-0.39, 0.29) is 24.3 Å². The van der Waals surface area contributed by atoms with Crippen LogP contribution in [0.3, 0.4) is 0 Å². The number of nitrogens with zero attached hydrogens (tertiary/aromatic N) is 2. The quantitative estimate of drug-likeness (QED) is 0.337. The van der Waals surface area contributed by atoms with Gasteiger partial charge in [-0.25, -0.2) is 9.79 Å².